The minimum absolute atomic E-state index is 0.207. The number of hydrogen-bond donors (Lipinski definition) is 0. The van der Waals surface area contributed by atoms with Crippen LogP contribution in [0.5, 0.6) is 5.75 Å². The minimum Gasteiger partial charge on any atom is -0.487 e. The fourth-order valence-corrected chi connectivity index (χ4v) is 7.84. The first-order valence-corrected chi connectivity index (χ1v) is 16.1. The molecule has 0 spiro atoms. The molecule has 1 aliphatic rings. The van der Waals surface area contributed by atoms with Crippen LogP contribution in [0.25, 0.3) is 6.08 Å². The molecule has 0 saturated carbocycles. The molecule has 0 saturated heterocycles. The van der Waals surface area contributed by atoms with Gasteiger partial charge in [-0.1, -0.05) is 64.9 Å². The lowest BCUT2D eigenvalue weighted by molar-refractivity contribution is -0.139. The number of rotatable bonds is 7. The Labute approximate surface area is 273 Å². The maximum atomic E-state index is 13.9. The second kappa shape index (κ2) is 12.8. The molecule has 0 aliphatic carbocycles. The fourth-order valence-electron chi connectivity index (χ4n) is 4.54. The highest BCUT2D eigenvalue weighted by Gasteiger charge is 2.33. The van der Waals surface area contributed by atoms with Gasteiger partial charge in [0, 0.05) is 5.02 Å². The van der Waals surface area contributed by atoms with E-state index in [2.05, 4.69) is 50.2 Å². The summed E-state index contributed by atoms with van der Waals surface area (Å²) in [4.78, 5) is 32.2. The monoisotopic (exact) mass is 810 g/mol. The molecule has 0 fully saturated rings. The molecule has 41 heavy (non-hydrogen) atoms. The summed E-state index contributed by atoms with van der Waals surface area (Å²) >= 11 is 11.8. The third-order valence-corrected chi connectivity index (χ3v) is 9.36. The normalized spacial score (nSPS) is 15.0. The molecule has 210 valence electrons. The third-order valence-electron chi connectivity index (χ3n) is 6.52. The Balaban J connectivity index is 1.54. The zero-order chi connectivity index (χ0) is 29.3. The third kappa shape index (κ3) is 6.47. The van der Waals surface area contributed by atoms with Crippen LogP contribution in [0.2, 0.25) is 5.02 Å². The molecule has 1 aliphatic heterocycles. The molecule has 6 nitrogen and oxygen atoms in total. The van der Waals surface area contributed by atoms with Crippen LogP contribution in [0.1, 0.15) is 42.1 Å². The van der Waals surface area contributed by atoms with Gasteiger partial charge in [0.2, 0.25) is 0 Å². The lowest BCUT2D eigenvalue weighted by Crippen LogP contribution is -2.39. The largest absolute Gasteiger partial charge is 0.487 e. The summed E-state index contributed by atoms with van der Waals surface area (Å²) in [6.45, 7) is 6.21. The highest BCUT2D eigenvalue weighted by molar-refractivity contribution is 14.1. The van der Waals surface area contributed by atoms with Crippen molar-refractivity contribution in [3.05, 3.63) is 126 Å². The number of thiazole rings is 1. The van der Waals surface area contributed by atoms with E-state index < -0.39 is 12.0 Å². The smallest absolute Gasteiger partial charge is 0.338 e. The molecule has 0 unspecified atom stereocenters. The van der Waals surface area contributed by atoms with Gasteiger partial charge >= 0.3 is 5.97 Å². The number of benzene rings is 3. The number of aryl methyl sites for hydroxylation is 1. The molecule has 10 heteroatoms. The molecular formula is C31H25ClI2N2O4S. The highest BCUT2D eigenvalue weighted by Crippen LogP contribution is 2.32. The Hall–Kier alpha value is -2.48. The van der Waals surface area contributed by atoms with Crippen LogP contribution in [0.4, 0.5) is 0 Å². The maximum absolute atomic E-state index is 13.9. The molecule has 2 heterocycles. The topological polar surface area (TPSA) is 69.9 Å². The van der Waals surface area contributed by atoms with Gasteiger partial charge in [0.1, 0.15) is 12.4 Å². The van der Waals surface area contributed by atoms with E-state index in [0.29, 0.717) is 32.2 Å². The fraction of sp³-hybridized carbons (Fsp3) is 0.194. The van der Waals surface area contributed by atoms with Crippen molar-refractivity contribution in [3.63, 3.8) is 0 Å². The number of ether oxygens (including phenoxy) is 2. The van der Waals surface area contributed by atoms with Gasteiger partial charge in [-0.15, -0.1) is 0 Å². The van der Waals surface area contributed by atoms with Gasteiger partial charge in [0.25, 0.3) is 5.56 Å². The van der Waals surface area contributed by atoms with Crippen LogP contribution < -0.4 is 19.6 Å². The Morgan fingerprint density at radius 3 is 2.37 bits per heavy atom. The first kappa shape index (κ1) is 30.0. The Kier molecular flexibility index (Phi) is 9.37. The molecule has 5 rings (SSSR count). The van der Waals surface area contributed by atoms with Crippen LogP contribution in [0, 0.1) is 14.1 Å². The molecule has 0 N–H and O–H groups in total. The van der Waals surface area contributed by atoms with Crippen molar-refractivity contribution in [2.24, 2.45) is 4.99 Å². The number of carbonyl (C=O) groups excluding carboxylic acids is 1. The van der Waals surface area contributed by atoms with E-state index in [4.69, 9.17) is 21.1 Å². The predicted molar refractivity (Wildman–Crippen MR) is 179 cm³/mol. The zero-order valence-electron chi connectivity index (χ0n) is 22.4. The second-order valence-electron chi connectivity index (χ2n) is 9.44. The van der Waals surface area contributed by atoms with Crippen molar-refractivity contribution in [1.82, 2.24) is 4.57 Å². The second-order valence-corrected chi connectivity index (χ2v) is 13.2. The van der Waals surface area contributed by atoms with E-state index in [9.17, 15) is 9.59 Å². The first-order chi connectivity index (χ1) is 19.7. The average Bonchev–Trinajstić information content (AvgIpc) is 3.23. The average molecular weight is 811 g/mol. The summed E-state index contributed by atoms with van der Waals surface area (Å²) in [5, 5.41) is 0.685. The number of halogens is 3. The van der Waals surface area contributed by atoms with E-state index in [1.54, 1.807) is 18.4 Å². The predicted octanol–water partition coefficient (Wildman–Crippen LogP) is 6.55. The minimum atomic E-state index is -0.628. The summed E-state index contributed by atoms with van der Waals surface area (Å²) in [5.74, 6) is 0.320. The van der Waals surface area contributed by atoms with Gasteiger partial charge in [-0.05, 0) is 113 Å². The lowest BCUT2D eigenvalue weighted by Gasteiger charge is -2.24. The van der Waals surface area contributed by atoms with Crippen molar-refractivity contribution in [2.45, 2.75) is 33.4 Å². The summed E-state index contributed by atoms with van der Waals surface area (Å²) < 4.78 is 15.5. The van der Waals surface area contributed by atoms with Crippen LogP contribution in [-0.2, 0) is 16.1 Å². The first-order valence-electron chi connectivity index (χ1n) is 12.8. The summed E-state index contributed by atoms with van der Waals surface area (Å²) in [6.07, 6.45) is 1.87. The number of allylic oxidation sites excluding steroid dienone is 1. The maximum Gasteiger partial charge on any atom is 0.338 e. The quantitative estimate of drug-likeness (QED) is 0.157. The van der Waals surface area contributed by atoms with Crippen LogP contribution in [-0.4, -0.2) is 17.1 Å². The Morgan fingerprint density at radius 1 is 1.07 bits per heavy atom. The van der Waals surface area contributed by atoms with E-state index in [0.717, 1.165) is 35.1 Å². The number of fused-ring (bicyclic) bond motifs is 1. The van der Waals surface area contributed by atoms with E-state index in [-0.39, 0.29) is 12.2 Å². The highest BCUT2D eigenvalue weighted by atomic mass is 127. The van der Waals surface area contributed by atoms with Crippen LogP contribution in [0.15, 0.2) is 81.7 Å². The molecule has 0 amide bonds. The number of aromatic nitrogens is 1. The van der Waals surface area contributed by atoms with E-state index >= 15 is 0 Å². The van der Waals surface area contributed by atoms with Crippen molar-refractivity contribution < 1.29 is 14.3 Å². The van der Waals surface area contributed by atoms with Gasteiger partial charge in [0.15, 0.2) is 4.80 Å². The van der Waals surface area contributed by atoms with E-state index in [1.807, 2.05) is 73.7 Å². The van der Waals surface area contributed by atoms with E-state index in [1.165, 1.54) is 11.3 Å². The molecule has 3 aromatic carbocycles. The van der Waals surface area contributed by atoms with Crippen molar-refractivity contribution >= 4 is 80.2 Å². The Bertz CT molecular complexity index is 1820. The number of carbonyl (C=O) groups is 1. The molecule has 4 aromatic rings. The van der Waals surface area contributed by atoms with Gasteiger partial charge < -0.3 is 9.47 Å². The molecular weight excluding hydrogens is 786 g/mol. The van der Waals surface area contributed by atoms with Gasteiger partial charge in [-0.25, -0.2) is 9.79 Å². The summed E-state index contributed by atoms with van der Waals surface area (Å²) in [5.41, 5.74) is 4.52. The summed E-state index contributed by atoms with van der Waals surface area (Å²) in [7, 11) is 0. The molecule has 1 aromatic heterocycles. The summed E-state index contributed by atoms with van der Waals surface area (Å²) in [6, 6.07) is 18.8. The molecule has 0 radical (unpaired) electrons. The Morgan fingerprint density at radius 2 is 1.73 bits per heavy atom. The number of nitrogens with zero attached hydrogens (tertiary/aromatic N) is 2. The van der Waals surface area contributed by atoms with Crippen molar-refractivity contribution in [2.75, 3.05) is 6.61 Å². The van der Waals surface area contributed by atoms with Gasteiger partial charge in [0.05, 0.1) is 35.6 Å². The van der Waals surface area contributed by atoms with Gasteiger partial charge in [-0.2, -0.15) is 0 Å². The molecule has 0 bridgehead atoms. The lowest BCUT2D eigenvalue weighted by atomic mass is 9.95. The van der Waals surface area contributed by atoms with Crippen molar-refractivity contribution in [1.29, 1.82) is 0 Å². The number of hydrogen-bond acceptors (Lipinski definition) is 6. The van der Waals surface area contributed by atoms with Crippen LogP contribution >= 0.6 is 68.1 Å². The van der Waals surface area contributed by atoms with Crippen LogP contribution in [0.3, 0.4) is 0 Å². The van der Waals surface area contributed by atoms with Gasteiger partial charge in [-0.3, -0.25) is 9.36 Å². The van der Waals surface area contributed by atoms with Crippen molar-refractivity contribution in [3.8, 4) is 5.75 Å². The SMILES string of the molecule is CCOC(=O)C1=C(C)N=c2s/c(=C/c3cc(I)c(OCc4ccc(Cl)cc4)c(I)c3)c(=O)n2[C@H]1c1ccc(C)cc1. The number of esters is 1. The molecule has 1 atom stereocenters. The standard InChI is InChI=1S/C31H25ClI2N2O4S/c1-4-39-30(38)26-18(3)35-31-36(27(26)21-9-5-17(2)6-10-21)29(37)25(41-31)15-20-13-23(33)28(24(34)14-20)40-16-19-7-11-22(32)12-8-19/h5-15,27H,4,16H2,1-3H3/b25-15+/t27-/m0/s1. The zero-order valence-corrected chi connectivity index (χ0v) is 28.3.